The van der Waals surface area contributed by atoms with Gasteiger partial charge in [-0.15, -0.1) is 0 Å². The van der Waals surface area contributed by atoms with Crippen LogP contribution in [0.3, 0.4) is 0 Å². The highest BCUT2D eigenvalue weighted by Crippen LogP contribution is 2.17. The summed E-state index contributed by atoms with van der Waals surface area (Å²) in [6, 6.07) is 15.8. The van der Waals surface area contributed by atoms with E-state index in [0.717, 1.165) is 11.1 Å². The van der Waals surface area contributed by atoms with Gasteiger partial charge in [-0.25, -0.2) is 9.59 Å². The lowest BCUT2D eigenvalue weighted by Gasteiger charge is -2.22. The van der Waals surface area contributed by atoms with Crippen LogP contribution < -0.4 is 10.1 Å². The molecule has 0 aliphatic heterocycles. The van der Waals surface area contributed by atoms with Crippen LogP contribution >= 0.6 is 0 Å². The van der Waals surface area contributed by atoms with Gasteiger partial charge in [0.15, 0.2) is 0 Å². The lowest BCUT2D eigenvalue weighted by molar-refractivity contribution is -0.139. The van der Waals surface area contributed by atoms with Crippen molar-refractivity contribution in [1.82, 2.24) is 5.32 Å². The Morgan fingerprint density at radius 2 is 1.70 bits per heavy atom. The second kappa shape index (κ2) is 9.07. The number of rotatable bonds is 7. The molecule has 2 aromatic rings. The normalized spacial score (nSPS) is 12.1. The first-order chi connectivity index (χ1) is 12.7. The molecule has 0 fully saturated rings. The third kappa shape index (κ3) is 7.40. The second-order valence-corrected chi connectivity index (χ2v) is 7.16. The number of hydrogen-bond donors (Lipinski definition) is 2. The standard InChI is InChI=1S/C21H25NO5/c1-21(2,3)27-20(25)22-18(19(23)24)13-16-10-7-11-17(12-16)26-14-15-8-5-4-6-9-15/h4-12,18H,13-14H2,1-3H3,(H,22,25)(H,23,24)/t18-/m0/s1. The van der Waals surface area contributed by atoms with Crippen molar-refractivity contribution in [3.8, 4) is 5.75 Å². The van der Waals surface area contributed by atoms with Crippen LogP contribution in [0.1, 0.15) is 31.9 Å². The highest BCUT2D eigenvalue weighted by molar-refractivity contribution is 5.80. The Hall–Kier alpha value is -3.02. The molecule has 6 nitrogen and oxygen atoms in total. The van der Waals surface area contributed by atoms with Crippen molar-refractivity contribution in [2.24, 2.45) is 0 Å². The molecular formula is C21H25NO5. The van der Waals surface area contributed by atoms with Gasteiger partial charge in [-0.05, 0) is 44.0 Å². The summed E-state index contributed by atoms with van der Waals surface area (Å²) in [6.07, 6.45) is -0.636. The summed E-state index contributed by atoms with van der Waals surface area (Å²) in [5.74, 6) is -0.491. The molecule has 6 heteroatoms. The van der Waals surface area contributed by atoms with Gasteiger partial charge in [-0.1, -0.05) is 42.5 Å². The third-order valence-electron chi connectivity index (χ3n) is 3.58. The summed E-state index contributed by atoms with van der Waals surface area (Å²) in [4.78, 5) is 23.4. The minimum atomic E-state index is -1.13. The van der Waals surface area contributed by atoms with E-state index in [4.69, 9.17) is 9.47 Å². The smallest absolute Gasteiger partial charge is 0.408 e. The lowest BCUT2D eigenvalue weighted by Crippen LogP contribution is -2.44. The predicted octanol–water partition coefficient (Wildman–Crippen LogP) is 3.79. The molecule has 0 bridgehead atoms. The van der Waals surface area contributed by atoms with Gasteiger partial charge < -0.3 is 19.9 Å². The summed E-state index contributed by atoms with van der Waals surface area (Å²) >= 11 is 0. The molecule has 144 valence electrons. The van der Waals surface area contributed by atoms with Crippen molar-refractivity contribution in [2.75, 3.05) is 0 Å². The monoisotopic (exact) mass is 371 g/mol. The van der Waals surface area contributed by atoms with Crippen molar-refractivity contribution in [3.05, 3.63) is 65.7 Å². The van der Waals surface area contributed by atoms with Crippen LogP contribution in [0.5, 0.6) is 5.75 Å². The van der Waals surface area contributed by atoms with E-state index < -0.39 is 23.7 Å². The molecule has 0 saturated carbocycles. The molecule has 0 unspecified atom stereocenters. The Kier molecular flexibility index (Phi) is 6.82. The van der Waals surface area contributed by atoms with Crippen LogP contribution in [0.2, 0.25) is 0 Å². The molecule has 1 amide bonds. The summed E-state index contributed by atoms with van der Waals surface area (Å²) in [5, 5.41) is 11.8. The molecule has 2 N–H and O–H groups in total. The topological polar surface area (TPSA) is 84.9 Å². The SMILES string of the molecule is CC(C)(C)OC(=O)N[C@@H](Cc1cccc(OCc2ccccc2)c1)C(=O)O. The first-order valence-corrected chi connectivity index (χ1v) is 8.71. The van der Waals surface area contributed by atoms with Gasteiger partial charge in [0.05, 0.1) is 0 Å². The maximum Gasteiger partial charge on any atom is 0.408 e. The van der Waals surface area contributed by atoms with Crippen molar-refractivity contribution in [3.63, 3.8) is 0 Å². The van der Waals surface area contributed by atoms with Crippen LogP contribution in [0, 0.1) is 0 Å². The van der Waals surface area contributed by atoms with Crippen molar-refractivity contribution >= 4 is 12.1 Å². The summed E-state index contributed by atoms with van der Waals surface area (Å²) < 4.78 is 10.9. The third-order valence-corrected chi connectivity index (χ3v) is 3.58. The number of alkyl carbamates (subject to hydrolysis) is 1. The number of nitrogens with one attached hydrogen (secondary N) is 1. The maximum absolute atomic E-state index is 11.9. The number of benzene rings is 2. The Labute approximate surface area is 159 Å². The Morgan fingerprint density at radius 3 is 2.33 bits per heavy atom. The average molecular weight is 371 g/mol. The lowest BCUT2D eigenvalue weighted by atomic mass is 10.1. The molecular weight excluding hydrogens is 346 g/mol. The zero-order valence-corrected chi connectivity index (χ0v) is 15.8. The van der Waals surface area contributed by atoms with Gasteiger partial charge in [0.25, 0.3) is 0 Å². The van der Waals surface area contributed by atoms with Crippen molar-refractivity contribution in [1.29, 1.82) is 0 Å². The molecule has 27 heavy (non-hydrogen) atoms. The van der Waals surface area contributed by atoms with E-state index in [-0.39, 0.29) is 6.42 Å². The quantitative estimate of drug-likeness (QED) is 0.774. The van der Waals surface area contributed by atoms with Gasteiger partial charge in [0.2, 0.25) is 0 Å². The number of carboxylic acid groups (broad SMARTS) is 1. The number of carbonyl (C=O) groups is 2. The minimum absolute atomic E-state index is 0.122. The number of hydrogen-bond acceptors (Lipinski definition) is 4. The second-order valence-electron chi connectivity index (χ2n) is 7.16. The molecule has 2 aromatic carbocycles. The molecule has 0 spiro atoms. The van der Waals surface area contributed by atoms with Crippen molar-refractivity contribution in [2.45, 2.75) is 45.4 Å². The molecule has 0 heterocycles. The van der Waals surface area contributed by atoms with Crippen LogP contribution in [0.15, 0.2) is 54.6 Å². The molecule has 1 atom stereocenters. The maximum atomic E-state index is 11.9. The number of amides is 1. The van der Waals surface area contributed by atoms with Crippen LogP contribution in [0.4, 0.5) is 4.79 Å². The van der Waals surface area contributed by atoms with Gasteiger partial charge in [-0.3, -0.25) is 0 Å². The average Bonchev–Trinajstić information content (AvgIpc) is 2.59. The number of ether oxygens (including phenoxy) is 2. The van der Waals surface area contributed by atoms with Crippen molar-refractivity contribution < 1.29 is 24.2 Å². The molecule has 2 rings (SSSR count). The first-order valence-electron chi connectivity index (χ1n) is 8.71. The Balaban J connectivity index is 1.99. The fourth-order valence-corrected chi connectivity index (χ4v) is 2.39. The minimum Gasteiger partial charge on any atom is -0.489 e. The highest BCUT2D eigenvalue weighted by Gasteiger charge is 2.24. The van der Waals surface area contributed by atoms with Gasteiger partial charge in [0.1, 0.15) is 24.0 Å². The van der Waals surface area contributed by atoms with Gasteiger partial charge in [-0.2, -0.15) is 0 Å². The van der Waals surface area contributed by atoms with Gasteiger partial charge >= 0.3 is 12.1 Å². The molecule has 0 aliphatic rings. The van der Waals surface area contributed by atoms with E-state index >= 15 is 0 Å². The number of carboxylic acids is 1. The summed E-state index contributed by atoms with van der Waals surface area (Å²) in [7, 11) is 0. The van der Waals surface area contributed by atoms with E-state index in [1.807, 2.05) is 36.4 Å². The van der Waals surface area contributed by atoms with Crippen LogP contribution in [-0.2, 0) is 22.6 Å². The fourth-order valence-electron chi connectivity index (χ4n) is 2.39. The van der Waals surface area contributed by atoms with Crippen LogP contribution in [-0.4, -0.2) is 28.8 Å². The Morgan fingerprint density at radius 1 is 1.04 bits per heavy atom. The predicted molar refractivity (Wildman–Crippen MR) is 102 cm³/mol. The van der Waals surface area contributed by atoms with E-state index in [9.17, 15) is 14.7 Å². The van der Waals surface area contributed by atoms with E-state index in [0.29, 0.717) is 12.4 Å². The zero-order chi connectivity index (χ0) is 19.9. The molecule has 0 aromatic heterocycles. The largest absolute Gasteiger partial charge is 0.489 e. The molecule has 0 aliphatic carbocycles. The van der Waals surface area contributed by atoms with E-state index in [2.05, 4.69) is 5.32 Å². The molecule has 0 saturated heterocycles. The Bertz CT molecular complexity index is 768. The zero-order valence-electron chi connectivity index (χ0n) is 15.8. The number of aliphatic carboxylic acids is 1. The highest BCUT2D eigenvalue weighted by atomic mass is 16.6. The van der Waals surface area contributed by atoms with Crippen LogP contribution in [0.25, 0.3) is 0 Å². The summed E-state index contributed by atoms with van der Waals surface area (Å²) in [6.45, 7) is 5.57. The first kappa shape index (κ1) is 20.3. The fraction of sp³-hybridized carbons (Fsp3) is 0.333. The number of carbonyl (C=O) groups excluding carboxylic acids is 1. The molecule has 0 radical (unpaired) electrons. The summed E-state index contributed by atoms with van der Waals surface area (Å²) in [5.41, 5.74) is 1.08. The van der Waals surface area contributed by atoms with Gasteiger partial charge in [0, 0.05) is 6.42 Å². The van der Waals surface area contributed by atoms with E-state index in [1.54, 1.807) is 39.0 Å². The van der Waals surface area contributed by atoms with E-state index in [1.165, 1.54) is 0 Å².